The molecule has 3 unspecified atom stereocenters. The van der Waals surface area contributed by atoms with Crippen molar-refractivity contribution < 1.29 is 9.47 Å². The van der Waals surface area contributed by atoms with Crippen LogP contribution >= 0.6 is 0 Å². The minimum absolute atomic E-state index is 0.197. The van der Waals surface area contributed by atoms with E-state index in [-0.39, 0.29) is 12.4 Å². The molecule has 0 N–H and O–H groups in total. The molecule has 0 aromatic heterocycles. The summed E-state index contributed by atoms with van der Waals surface area (Å²) in [6, 6.07) is 0. The molecule has 2 nitrogen and oxygen atoms in total. The first kappa shape index (κ1) is 13.5. The topological polar surface area (TPSA) is 18.5 Å². The minimum Gasteiger partial charge on any atom is -0.348 e. The Hall–Kier alpha value is -0.600. The molecule has 1 saturated heterocycles. The highest BCUT2D eigenvalue weighted by atomic mass is 16.7. The van der Waals surface area contributed by atoms with Gasteiger partial charge >= 0.3 is 0 Å². The van der Waals surface area contributed by atoms with Gasteiger partial charge in [0.1, 0.15) is 0 Å². The summed E-state index contributed by atoms with van der Waals surface area (Å²) in [5.41, 5.74) is 2.40. The maximum atomic E-state index is 5.78. The van der Waals surface area contributed by atoms with Crippen molar-refractivity contribution in [1.82, 2.24) is 0 Å². The molecule has 0 aromatic rings. The lowest BCUT2D eigenvalue weighted by Gasteiger charge is -2.33. The van der Waals surface area contributed by atoms with Crippen molar-refractivity contribution in [2.75, 3.05) is 6.61 Å². The van der Waals surface area contributed by atoms with Gasteiger partial charge < -0.3 is 9.47 Å². The van der Waals surface area contributed by atoms with Gasteiger partial charge in [0.2, 0.25) is 0 Å². The first-order chi connectivity index (χ1) is 7.50. The van der Waals surface area contributed by atoms with Crippen molar-refractivity contribution in [3.05, 3.63) is 23.8 Å². The summed E-state index contributed by atoms with van der Waals surface area (Å²) in [5.74, 6) is 0.474. The fourth-order valence-electron chi connectivity index (χ4n) is 1.62. The van der Waals surface area contributed by atoms with Crippen LogP contribution in [0.1, 0.15) is 40.5 Å². The van der Waals surface area contributed by atoms with E-state index in [2.05, 4.69) is 40.3 Å². The molecule has 1 aliphatic heterocycles. The van der Waals surface area contributed by atoms with E-state index >= 15 is 0 Å². The highest BCUT2D eigenvalue weighted by molar-refractivity contribution is 5.03. The van der Waals surface area contributed by atoms with E-state index in [0.29, 0.717) is 5.92 Å². The zero-order chi connectivity index (χ0) is 12.1. The van der Waals surface area contributed by atoms with Crippen molar-refractivity contribution >= 4 is 0 Å². The molecule has 1 fully saturated rings. The summed E-state index contributed by atoms with van der Waals surface area (Å²) in [6.45, 7) is 13.3. The van der Waals surface area contributed by atoms with Gasteiger partial charge in [0.15, 0.2) is 6.29 Å². The Morgan fingerprint density at radius 2 is 2.06 bits per heavy atom. The molecule has 0 aromatic carbocycles. The number of hydrogen-bond acceptors (Lipinski definition) is 2. The van der Waals surface area contributed by atoms with Crippen LogP contribution in [0.15, 0.2) is 23.8 Å². The Balaban J connectivity index is 2.35. The Morgan fingerprint density at radius 3 is 2.62 bits per heavy atom. The molecular weight excluding hydrogens is 200 g/mol. The molecule has 1 aliphatic rings. The summed E-state index contributed by atoms with van der Waals surface area (Å²) in [7, 11) is 0. The zero-order valence-corrected chi connectivity index (χ0v) is 11.0. The van der Waals surface area contributed by atoms with Gasteiger partial charge in [0.05, 0.1) is 12.7 Å². The van der Waals surface area contributed by atoms with Gasteiger partial charge in [-0.05, 0) is 39.2 Å². The highest BCUT2D eigenvalue weighted by Crippen LogP contribution is 2.23. The molecule has 0 amide bonds. The van der Waals surface area contributed by atoms with Crippen LogP contribution in [0.3, 0.4) is 0 Å². The van der Waals surface area contributed by atoms with Crippen LogP contribution in [0.5, 0.6) is 0 Å². The van der Waals surface area contributed by atoms with Crippen LogP contribution in [0.25, 0.3) is 0 Å². The largest absolute Gasteiger partial charge is 0.348 e. The summed E-state index contributed by atoms with van der Waals surface area (Å²) < 4.78 is 11.4. The lowest BCUT2D eigenvalue weighted by atomic mass is 10.0. The number of hydrogen-bond donors (Lipinski definition) is 0. The van der Waals surface area contributed by atoms with Crippen LogP contribution in [0.4, 0.5) is 0 Å². The fourth-order valence-corrected chi connectivity index (χ4v) is 1.62. The third-order valence-corrected chi connectivity index (χ3v) is 3.00. The van der Waals surface area contributed by atoms with Crippen molar-refractivity contribution in [2.24, 2.45) is 5.92 Å². The molecule has 1 heterocycles. The maximum absolute atomic E-state index is 5.78. The van der Waals surface area contributed by atoms with E-state index in [1.807, 2.05) is 0 Å². The number of allylic oxidation sites excluding steroid dienone is 2. The lowest BCUT2D eigenvalue weighted by molar-refractivity contribution is -0.210. The normalized spacial score (nSPS) is 29.9. The first-order valence-corrected chi connectivity index (χ1v) is 6.08. The molecule has 0 bridgehead atoms. The van der Waals surface area contributed by atoms with E-state index in [1.165, 1.54) is 5.57 Å². The van der Waals surface area contributed by atoms with Gasteiger partial charge in [-0.3, -0.25) is 0 Å². The summed E-state index contributed by atoms with van der Waals surface area (Å²) in [6.07, 6.45) is 4.25. The first-order valence-electron chi connectivity index (χ1n) is 6.08. The van der Waals surface area contributed by atoms with Crippen LogP contribution in [-0.4, -0.2) is 19.0 Å². The number of ether oxygens (including phenoxy) is 2. The van der Waals surface area contributed by atoms with Crippen molar-refractivity contribution in [3.8, 4) is 0 Å². The quantitative estimate of drug-likeness (QED) is 0.678. The van der Waals surface area contributed by atoms with Crippen LogP contribution in [0, 0.1) is 5.92 Å². The second kappa shape index (κ2) is 6.21. The maximum Gasteiger partial charge on any atom is 0.179 e. The summed E-state index contributed by atoms with van der Waals surface area (Å²) in [4.78, 5) is 0. The second-order valence-corrected chi connectivity index (χ2v) is 4.96. The molecule has 0 spiro atoms. The van der Waals surface area contributed by atoms with Gasteiger partial charge in [0, 0.05) is 5.92 Å². The van der Waals surface area contributed by atoms with E-state index < -0.39 is 0 Å². The second-order valence-electron chi connectivity index (χ2n) is 4.96. The smallest absolute Gasteiger partial charge is 0.179 e. The van der Waals surface area contributed by atoms with E-state index in [0.717, 1.165) is 25.0 Å². The van der Waals surface area contributed by atoms with Gasteiger partial charge in [-0.2, -0.15) is 0 Å². The van der Waals surface area contributed by atoms with Crippen molar-refractivity contribution in [3.63, 3.8) is 0 Å². The lowest BCUT2D eigenvalue weighted by Crippen LogP contribution is -2.37. The minimum atomic E-state index is -0.197. The molecule has 3 atom stereocenters. The van der Waals surface area contributed by atoms with Crippen LogP contribution in [-0.2, 0) is 9.47 Å². The van der Waals surface area contributed by atoms with Gasteiger partial charge in [-0.25, -0.2) is 0 Å². The molecular formula is C14H24O2. The third-order valence-electron chi connectivity index (χ3n) is 3.00. The third kappa shape index (κ3) is 4.11. The van der Waals surface area contributed by atoms with Crippen LogP contribution < -0.4 is 0 Å². The Bertz CT molecular complexity index is 264. The molecule has 2 heteroatoms. The summed E-state index contributed by atoms with van der Waals surface area (Å²) >= 11 is 0. The molecule has 1 rings (SSSR count). The van der Waals surface area contributed by atoms with E-state index in [4.69, 9.17) is 9.47 Å². The fraction of sp³-hybridized carbons (Fsp3) is 0.714. The molecule has 0 radical (unpaired) electrons. The zero-order valence-electron chi connectivity index (χ0n) is 11.0. The van der Waals surface area contributed by atoms with Crippen molar-refractivity contribution in [1.29, 1.82) is 0 Å². The highest BCUT2D eigenvalue weighted by Gasteiger charge is 2.26. The van der Waals surface area contributed by atoms with Gasteiger partial charge in [0.25, 0.3) is 0 Å². The molecule has 0 saturated carbocycles. The van der Waals surface area contributed by atoms with E-state index in [9.17, 15) is 0 Å². The molecule has 16 heavy (non-hydrogen) atoms. The Morgan fingerprint density at radius 1 is 1.38 bits per heavy atom. The summed E-state index contributed by atoms with van der Waals surface area (Å²) in [5, 5.41) is 0. The number of rotatable bonds is 4. The standard InChI is InChI=1S/C14H24O2/c1-10(2)7-6-8-11(3)14-15-9-12(4)13(5)16-14/h7,12-14H,3,6,8-9H2,1-2,4-5H3. The molecule has 0 aliphatic carbocycles. The SMILES string of the molecule is C=C(CCC=C(C)C)C1OCC(C)C(C)O1. The Labute approximate surface area is 99.3 Å². The van der Waals surface area contributed by atoms with E-state index in [1.54, 1.807) is 0 Å². The predicted molar refractivity (Wildman–Crippen MR) is 67.3 cm³/mol. The predicted octanol–water partition coefficient (Wildman–Crippen LogP) is 3.69. The molecule has 92 valence electrons. The average molecular weight is 224 g/mol. The van der Waals surface area contributed by atoms with Crippen LogP contribution in [0.2, 0.25) is 0 Å². The van der Waals surface area contributed by atoms with Gasteiger partial charge in [-0.1, -0.05) is 25.2 Å². The average Bonchev–Trinajstić information content (AvgIpc) is 2.21. The Kier molecular flexibility index (Phi) is 5.23. The monoisotopic (exact) mass is 224 g/mol. The van der Waals surface area contributed by atoms with Crippen molar-refractivity contribution in [2.45, 2.75) is 52.9 Å². The van der Waals surface area contributed by atoms with Gasteiger partial charge in [-0.15, -0.1) is 0 Å².